The summed E-state index contributed by atoms with van der Waals surface area (Å²) in [6, 6.07) is 19.5. The molecule has 0 bridgehead atoms. The number of aliphatic imine (C=N–C) groups is 1. The molecule has 1 aliphatic carbocycles. The SMILES string of the molecule is Cc1cc(C)nc(N=C(NC(=O)[C@@H](Cc2ccccc2)N2C(=O)[C@H]3CCCC[C@H]3C2=O)Nc2ccccc2)n1. The highest BCUT2D eigenvalue weighted by molar-refractivity contribution is 6.12. The monoisotopic (exact) mass is 524 g/mol. The summed E-state index contributed by atoms with van der Waals surface area (Å²) in [6.07, 6.45) is 3.38. The van der Waals surface area contributed by atoms with Crippen molar-refractivity contribution >= 4 is 35.3 Å². The number of anilines is 1. The van der Waals surface area contributed by atoms with Crippen molar-refractivity contribution in [2.24, 2.45) is 16.8 Å². The summed E-state index contributed by atoms with van der Waals surface area (Å²) >= 11 is 0. The Morgan fingerprint density at radius 2 is 1.49 bits per heavy atom. The number of aromatic nitrogens is 2. The third-order valence-electron chi connectivity index (χ3n) is 7.22. The molecule has 1 saturated carbocycles. The molecule has 1 aliphatic heterocycles. The second kappa shape index (κ2) is 11.6. The number of likely N-dealkylation sites (tertiary alicyclic amines) is 1. The van der Waals surface area contributed by atoms with Gasteiger partial charge in [0, 0.05) is 23.5 Å². The van der Waals surface area contributed by atoms with Gasteiger partial charge in [-0.25, -0.2) is 9.97 Å². The van der Waals surface area contributed by atoms with Gasteiger partial charge in [-0.15, -0.1) is 0 Å². The van der Waals surface area contributed by atoms with Gasteiger partial charge < -0.3 is 5.32 Å². The third-order valence-corrected chi connectivity index (χ3v) is 7.22. The molecule has 1 saturated heterocycles. The number of benzene rings is 2. The zero-order valence-corrected chi connectivity index (χ0v) is 22.1. The van der Waals surface area contributed by atoms with Crippen LogP contribution in [0.3, 0.4) is 0 Å². The minimum Gasteiger partial charge on any atom is -0.326 e. The molecule has 9 heteroatoms. The highest BCUT2D eigenvalue weighted by Crippen LogP contribution is 2.39. The van der Waals surface area contributed by atoms with Gasteiger partial charge in [-0.1, -0.05) is 61.4 Å². The first kappa shape index (κ1) is 26.2. The highest BCUT2D eigenvalue weighted by atomic mass is 16.2. The molecule has 2 heterocycles. The molecule has 200 valence electrons. The van der Waals surface area contributed by atoms with E-state index < -0.39 is 11.9 Å². The molecule has 3 atom stereocenters. The van der Waals surface area contributed by atoms with E-state index in [1.165, 1.54) is 4.90 Å². The number of hydrogen-bond donors (Lipinski definition) is 2. The second-order valence-corrected chi connectivity index (χ2v) is 10.1. The maximum absolute atomic E-state index is 13.9. The summed E-state index contributed by atoms with van der Waals surface area (Å²) < 4.78 is 0. The van der Waals surface area contributed by atoms with E-state index in [2.05, 4.69) is 25.6 Å². The Hall–Kier alpha value is -4.40. The molecule has 0 radical (unpaired) electrons. The largest absolute Gasteiger partial charge is 0.326 e. The van der Waals surface area contributed by atoms with Crippen LogP contribution in [0, 0.1) is 25.7 Å². The number of nitrogens with one attached hydrogen (secondary N) is 2. The van der Waals surface area contributed by atoms with E-state index in [-0.39, 0.29) is 42.0 Å². The summed E-state index contributed by atoms with van der Waals surface area (Å²) in [5.41, 5.74) is 3.02. The van der Waals surface area contributed by atoms with E-state index in [4.69, 9.17) is 0 Å². The van der Waals surface area contributed by atoms with Gasteiger partial charge in [-0.2, -0.15) is 4.99 Å². The Labute approximate surface area is 227 Å². The Morgan fingerprint density at radius 1 is 0.923 bits per heavy atom. The number of imide groups is 1. The lowest BCUT2D eigenvalue weighted by Crippen LogP contribution is -2.53. The van der Waals surface area contributed by atoms with Crippen molar-refractivity contribution in [3.8, 4) is 0 Å². The smallest absolute Gasteiger partial charge is 0.253 e. The van der Waals surface area contributed by atoms with Gasteiger partial charge in [0.15, 0.2) is 0 Å². The third kappa shape index (κ3) is 6.03. The van der Waals surface area contributed by atoms with Crippen LogP contribution >= 0.6 is 0 Å². The van der Waals surface area contributed by atoms with Crippen LogP contribution in [-0.4, -0.2) is 44.6 Å². The van der Waals surface area contributed by atoms with Gasteiger partial charge in [-0.3, -0.25) is 24.6 Å². The fraction of sp³-hybridized carbons (Fsp3) is 0.333. The average molecular weight is 525 g/mol. The Balaban J connectivity index is 1.48. The van der Waals surface area contributed by atoms with Gasteiger partial charge in [0.1, 0.15) is 6.04 Å². The van der Waals surface area contributed by atoms with E-state index in [0.717, 1.165) is 29.8 Å². The minimum absolute atomic E-state index is 0.103. The zero-order valence-electron chi connectivity index (χ0n) is 22.1. The number of amides is 3. The van der Waals surface area contributed by atoms with Crippen LogP contribution in [0.5, 0.6) is 0 Å². The highest BCUT2D eigenvalue weighted by Gasteiger charge is 2.51. The summed E-state index contributed by atoms with van der Waals surface area (Å²) in [5, 5.41) is 5.98. The summed E-state index contributed by atoms with van der Waals surface area (Å²) in [5.74, 6) is -1.43. The maximum atomic E-state index is 13.9. The maximum Gasteiger partial charge on any atom is 0.253 e. The first-order valence-corrected chi connectivity index (χ1v) is 13.3. The van der Waals surface area contributed by atoms with Crippen LogP contribution in [0.2, 0.25) is 0 Å². The van der Waals surface area contributed by atoms with Gasteiger partial charge in [0.25, 0.3) is 5.95 Å². The molecule has 3 amide bonds. The molecule has 2 aromatic carbocycles. The first-order chi connectivity index (χ1) is 18.9. The number of rotatable bonds is 6. The molecule has 0 unspecified atom stereocenters. The standard InChI is InChI=1S/C30H32N6O3/c1-19-17-20(2)32-29(31-19)35-30(33-22-13-7-4-8-14-22)34-26(37)25(18-21-11-5-3-6-12-21)36-27(38)23-15-9-10-16-24(23)28(36)39/h3-8,11-14,17,23-25H,9-10,15-16,18H2,1-2H3,(H2,31,32,33,34,35,37)/t23-,24+,25-/m1/s1. The zero-order chi connectivity index (χ0) is 27.4. The van der Waals surface area contributed by atoms with Crippen molar-refractivity contribution in [1.82, 2.24) is 20.2 Å². The van der Waals surface area contributed by atoms with Crippen molar-refractivity contribution in [3.05, 3.63) is 83.7 Å². The molecule has 3 aromatic rings. The fourth-order valence-corrected chi connectivity index (χ4v) is 5.44. The number of fused-ring (bicyclic) bond motifs is 1. The van der Waals surface area contributed by atoms with Crippen LogP contribution in [-0.2, 0) is 20.8 Å². The van der Waals surface area contributed by atoms with E-state index in [1.807, 2.05) is 80.6 Å². The predicted molar refractivity (Wildman–Crippen MR) is 148 cm³/mol. The van der Waals surface area contributed by atoms with Crippen LogP contribution in [0.25, 0.3) is 0 Å². The Bertz CT molecular complexity index is 1350. The predicted octanol–water partition coefficient (Wildman–Crippen LogP) is 4.10. The topological polar surface area (TPSA) is 117 Å². The van der Waals surface area contributed by atoms with Gasteiger partial charge >= 0.3 is 0 Å². The fourth-order valence-electron chi connectivity index (χ4n) is 5.44. The molecular weight excluding hydrogens is 492 g/mol. The van der Waals surface area contributed by atoms with Crippen molar-refractivity contribution in [3.63, 3.8) is 0 Å². The number of aryl methyl sites for hydroxylation is 2. The van der Waals surface area contributed by atoms with Gasteiger partial charge in [0.2, 0.25) is 23.7 Å². The van der Waals surface area contributed by atoms with Crippen LogP contribution in [0.15, 0.2) is 71.7 Å². The second-order valence-electron chi connectivity index (χ2n) is 10.1. The number of guanidine groups is 1. The summed E-state index contributed by atoms with van der Waals surface area (Å²) in [7, 11) is 0. The molecule has 2 aliphatic rings. The summed E-state index contributed by atoms with van der Waals surface area (Å²) in [4.78, 5) is 55.4. The lowest BCUT2D eigenvalue weighted by atomic mass is 9.81. The molecule has 1 aromatic heterocycles. The van der Waals surface area contributed by atoms with Gasteiger partial charge in [-0.05, 0) is 50.5 Å². The summed E-state index contributed by atoms with van der Waals surface area (Å²) in [6.45, 7) is 3.69. The number of nitrogens with zero attached hydrogens (tertiary/aromatic N) is 4. The Morgan fingerprint density at radius 3 is 2.08 bits per heavy atom. The van der Waals surface area contributed by atoms with Gasteiger partial charge in [0.05, 0.1) is 11.8 Å². The van der Waals surface area contributed by atoms with E-state index >= 15 is 0 Å². The molecule has 5 rings (SSSR count). The minimum atomic E-state index is -1.03. The molecule has 39 heavy (non-hydrogen) atoms. The van der Waals surface area contributed by atoms with Crippen molar-refractivity contribution in [2.45, 2.75) is 52.0 Å². The Kier molecular flexibility index (Phi) is 7.76. The quantitative estimate of drug-likeness (QED) is 0.285. The number of hydrogen-bond acceptors (Lipinski definition) is 6. The molecule has 2 N–H and O–H groups in total. The number of carbonyl (C=O) groups excluding carboxylic acids is 3. The van der Waals surface area contributed by atoms with Crippen molar-refractivity contribution < 1.29 is 14.4 Å². The first-order valence-electron chi connectivity index (χ1n) is 13.3. The van der Waals surface area contributed by atoms with Crippen molar-refractivity contribution in [2.75, 3.05) is 5.32 Å². The van der Waals surface area contributed by atoms with Crippen LogP contribution < -0.4 is 10.6 Å². The number of para-hydroxylation sites is 1. The molecule has 2 fully saturated rings. The van der Waals surface area contributed by atoms with E-state index in [9.17, 15) is 14.4 Å². The normalized spacial score (nSPS) is 19.9. The number of carbonyl (C=O) groups is 3. The van der Waals surface area contributed by atoms with Crippen LogP contribution in [0.4, 0.5) is 11.6 Å². The molecule has 9 nitrogen and oxygen atoms in total. The average Bonchev–Trinajstić information content (AvgIpc) is 3.17. The van der Waals surface area contributed by atoms with E-state index in [0.29, 0.717) is 18.5 Å². The van der Waals surface area contributed by atoms with Crippen LogP contribution in [0.1, 0.15) is 42.6 Å². The molecular formula is C30H32N6O3. The lowest BCUT2D eigenvalue weighted by molar-refractivity contribution is -0.147. The van der Waals surface area contributed by atoms with Crippen molar-refractivity contribution in [1.29, 1.82) is 0 Å². The molecule has 0 spiro atoms. The van der Waals surface area contributed by atoms with E-state index in [1.54, 1.807) is 0 Å². The lowest BCUT2D eigenvalue weighted by Gasteiger charge is -2.26.